The summed E-state index contributed by atoms with van der Waals surface area (Å²) in [6.07, 6.45) is 0. The molecule has 0 atom stereocenters. The molecule has 3 N–H and O–H groups in total. The molecule has 0 heterocycles. The Balaban J connectivity index is 2.03. The standard InChI is InChI=1S/C15H14ClN3O2/c1-10(13-9-11(16)7-8-14(13)20)18-19-15(21)17-12-5-3-2-4-6-12/h2-9,20H,1H3,(H2,17,19,21)/b18-10+. The molecule has 21 heavy (non-hydrogen) atoms. The SMILES string of the molecule is C/C(=N\NC(=O)Nc1ccccc1)c1cc(Cl)ccc1O. The lowest BCUT2D eigenvalue weighted by molar-refractivity contribution is 0.252. The van der Waals surface area contributed by atoms with Crippen molar-refractivity contribution in [2.45, 2.75) is 6.92 Å². The smallest absolute Gasteiger partial charge is 0.339 e. The average molecular weight is 304 g/mol. The van der Waals surface area contributed by atoms with E-state index in [1.807, 2.05) is 18.2 Å². The fraction of sp³-hybridized carbons (Fsp3) is 0.0667. The Morgan fingerprint density at radius 1 is 1.19 bits per heavy atom. The highest BCUT2D eigenvalue weighted by molar-refractivity contribution is 6.31. The van der Waals surface area contributed by atoms with Crippen molar-refractivity contribution in [3.05, 3.63) is 59.1 Å². The van der Waals surface area contributed by atoms with Crippen molar-refractivity contribution >= 4 is 29.0 Å². The molecule has 0 saturated carbocycles. The second-order valence-corrected chi connectivity index (χ2v) is 4.73. The molecule has 0 saturated heterocycles. The normalized spacial score (nSPS) is 11.0. The van der Waals surface area contributed by atoms with Crippen LogP contribution in [-0.2, 0) is 0 Å². The summed E-state index contributed by atoms with van der Waals surface area (Å²) < 4.78 is 0. The molecule has 0 aliphatic heterocycles. The van der Waals surface area contributed by atoms with Gasteiger partial charge in [-0.2, -0.15) is 5.10 Å². The first kappa shape index (κ1) is 14.9. The van der Waals surface area contributed by atoms with Crippen LogP contribution in [0.15, 0.2) is 53.6 Å². The summed E-state index contributed by atoms with van der Waals surface area (Å²) in [5.74, 6) is 0.0471. The zero-order valence-corrected chi connectivity index (χ0v) is 12.1. The zero-order chi connectivity index (χ0) is 15.2. The molecule has 2 rings (SSSR count). The third kappa shape index (κ3) is 4.22. The molecule has 0 unspecified atom stereocenters. The number of halogens is 1. The average Bonchev–Trinajstić information content (AvgIpc) is 2.48. The van der Waals surface area contributed by atoms with E-state index in [-0.39, 0.29) is 5.75 Å². The number of urea groups is 1. The lowest BCUT2D eigenvalue weighted by atomic mass is 10.1. The van der Waals surface area contributed by atoms with Crippen LogP contribution >= 0.6 is 11.6 Å². The zero-order valence-electron chi connectivity index (χ0n) is 11.3. The van der Waals surface area contributed by atoms with Gasteiger partial charge < -0.3 is 10.4 Å². The number of hydrazone groups is 1. The Morgan fingerprint density at radius 2 is 1.90 bits per heavy atom. The van der Waals surface area contributed by atoms with E-state index in [1.54, 1.807) is 31.2 Å². The van der Waals surface area contributed by atoms with E-state index in [9.17, 15) is 9.90 Å². The van der Waals surface area contributed by atoms with Crippen molar-refractivity contribution in [2.24, 2.45) is 5.10 Å². The topological polar surface area (TPSA) is 73.7 Å². The maximum atomic E-state index is 11.7. The van der Waals surface area contributed by atoms with Gasteiger partial charge in [-0.3, -0.25) is 0 Å². The summed E-state index contributed by atoms with van der Waals surface area (Å²) in [4.78, 5) is 11.7. The van der Waals surface area contributed by atoms with Crippen molar-refractivity contribution in [2.75, 3.05) is 5.32 Å². The molecule has 2 aromatic rings. The van der Waals surface area contributed by atoms with E-state index in [0.717, 1.165) is 0 Å². The van der Waals surface area contributed by atoms with Crippen LogP contribution in [0.1, 0.15) is 12.5 Å². The number of anilines is 1. The predicted molar refractivity (Wildman–Crippen MR) is 83.9 cm³/mol. The van der Waals surface area contributed by atoms with E-state index in [2.05, 4.69) is 15.8 Å². The first-order valence-electron chi connectivity index (χ1n) is 6.21. The Hall–Kier alpha value is -2.53. The van der Waals surface area contributed by atoms with E-state index in [1.165, 1.54) is 6.07 Å². The molecule has 0 bridgehead atoms. The van der Waals surface area contributed by atoms with Gasteiger partial charge in [0.25, 0.3) is 0 Å². The Labute approximate surface area is 127 Å². The third-order valence-corrected chi connectivity index (χ3v) is 2.94. The number of nitrogens with zero attached hydrogens (tertiary/aromatic N) is 1. The maximum Gasteiger partial charge on any atom is 0.339 e. The number of hydrogen-bond acceptors (Lipinski definition) is 3. The van der Waals surface area contributed by atoms with Crippen LogP contribution in [0, 0.1) is 0 Å². The van der Waals surface area contributed by atoms with Gasteiger partial charge in [-0.15, -0.1) is 0 Å². The first-order valence-corrected chi connectivity index (χ1v) is 6.59. The summed E-state index contributed by atoms with van der Waals surface area (Å²) in [6, 6.07) is 13.2. The molecular formula is C15H14ClN3O2. The minimum absolute atomic E-state index is 0.0471. The molecule has 0 spiro atoms. The van der Waals surface area contributed by atoms with Gasteiger partial charge in [0.2, 0.25) is 0 Å². The van der Waals surface area contributed by atoms with Crippen LogP contribution < -0.4 is 10.7 Å². The summed E-state index contributed by atoms with van der Waals surface area (Å²) in [7, 11) is 0. The van der Waals surface area contributed by atoms with Gasteiger partial charge in [0.15, 0.2) is 0 Å². The number of amides is 2. The third-order valence-electron chi connectivity index (χ3n) is 2.71. The molecule has 0 radical (unpaired) electrons. The van der Waals surface area contributed by atoms with E-state index in [0.29, 0.717) is 22.0 Å². The molecule has 2 aromatic carbocycles. The molecule has 0 aromatic heterocycles. The number of carbonyl (C=O) groups is 1. The van der Waals surface area contributed by atoms with Crippen LogP contribution in [0.3, 0.4) is 0 Å². The molecule has 0 aliphatic rings. The second kappa shape index (κ2) is 6.76. The highest BCUT2D eigenvalue weighted by Gasteiger charge is 2.06. The minimum atomic E-state index is -0.470. The van der Waals surface area contributed by atoms with E-state index >= 15 is 0 Å². The van der Waals surface area contributed by atoms with Gasteiger partial charge in [-0.1, -0.05) is 29.8 Å². The van der Waals surface area contributed by atoms with Crippen molar-refractivity contribution in [3.63, 3.8) is 0 Å². The molecule has 2 amide bonds. The number of phenols is 1. The molecule has 0 fully saturated rings. The molecular weight excluding hydrogens is 290 g/mol. The van der Waals surface area contributed by atoms with Gasteiger partial charge in [-0.05, 0) is 37.3 Å². The summed E-state index contributed by atoms with van der Waals surface area (Å²) >= 11 is 5.87. The Kier molecular flexibility index (Phi) is 4.79. The number of phenolic OH excluding ortho intramolecular Hbond substituents is 1. The van der Waals surface area contributed by atoms with Crippen molar-refractivity contribution in [1.29, 1.82) is 0 Å². The maximum absolute atomic E-state index is 11.7. The number of rotatable bonds is 3. The van der Waals surface area contributed by atoms with Crippen LogP contribution in [-0.4, -0.2) is 16.8 Å². The molecule has 108 valence electrons. The number of benzene rings is 2. The largest absolute Gasteiger partial charge is 0.507 e. The lowest BCUT2D eigenvalue weighted by Crippen LogP contribution is -2.25. The number of para-hydroxylation sites is 1. The van der Waals surface area contributed by atoms with Gasteiger partial charge >= 0.3 is 6.03 Å². The minimum Gasteiger partial charge on any atom is -0.507 e. The predicted octanol–water partition coefficient (Wildman–Crippen LogP) is 3.59. The van der Waals surface area contributed by atoms with E-state index in [4.69, 9.17) is 11.6 Å². The number of carbonyl (C=O) groups excluding carboxylic acids is 1. The summed E-state index contributed by atoms with van der Waals surface area (Å²) in [5.41, 5.74) is 3.92. The molecule has 0 aliphatic carbocycles. The first-order chi connectivity index (χ1) is 10.1. The van der Waals surface area contributed by atoms with E-state index < -0.39 is 6.03 Å². The van der Waals surface area contributed by atoms with Crippen molar-refractivity contribution < 1.29 is 9.90 Å². The van der Waals surface area contributed by atoms with Crippen LogP contribution in [0.5, 0.6) is 5.75 Å². The monoisotopic (exact) mass is 303 g/mol. The summed E-state index contributed by atoms with van der Waals surface area (Å²) in [6.45, 7) is 1.66. The van der Waals surface area contributed by atoms with Crippen LogP contribution in [0.25, 0.3) is 0 Å². The lowest BCUT2D eigenvalue weighted by Gasteiger charge is -2.06. The van der Waals surface area contributed by atoms with Gasteiger partial charge in [-0.25, -0.2) is 10.2 Å². The fourth-order valence-electron chi connectivity index (χ4n) is 1.67. The number of aromatic hydroxyl groups is 1. The van der Waals surface area contributed by atoms with Gasteiger partial charge in [0.05, 0.1) is 5.71 Å². The highest BCUT2D eigenvalue weighted by Crippen LogP contribution is 2.21. The molecule has 6 heteroatoms. The van der Waals surface area contributed by atoms with Crippen LogP contribution in [0.4, 0.5) is 10.5 Å². The summed E-state index contributed by atoms with van der Waals surface area (Å²) in [5, 5.41) is 16.8. The Morgan fingerprint density at radius 3 is 2.62 bits per heavy atom. The molecule has 5 nitrogen and oxygen atoms in total. The number of nitrogens with one attached hydrogen (secondary N) is 2. The van der Waals surface area contributed by atoms with Crippen LogP contribution in [0.2, 0.25) is 5.02 Å². The fourth-order valence-corrected chi connectivity index (χ4v) is 1.85. The van der Waals surface area contributed by atoms with Gasteiger partial charge in [0, 0.05) is 16.3 Å². The number of hydrogen-bond donors (Lipinski definition) is 3. The Bertz CT molecular complexity index is 672. The quantitative estimate of drug-likeness (QED) is 0.599. The van der Waals surface area contributed by atoms with Crippen molar-refractivity contribution in [1.82, 2.24) is 5.43 Å². The highest BCUT2D eigenvalue weighted by atomic mass is 35.5. The van der Waals surface area contributed by atoms with Crippen molar-refractivity contribution in [3.8, 4) is 5.75 Å². The van der Waals surface area contributed by atoms with Gasteiger partial charge in [0.1, 0.15) is 5.75 Å². The second-order valence-electron chi connectivity index (χ2n) is 4.29.